The van der Waals surface area contributed by atoms with E-state index in [1.54, 1.807) is 18.2 Å². The van der Waals surface area contributed by atoms with Crippen LogP contribution in [0.5, 0.6) is 11.5 Å². The number of rotatable bonds is 9. The zero-order chi connectivity index (χ0) is 22.1. The number of hydrogen-bond acceptors (Lipinski definition) is 5. The van der Waals surface area contributed by atoms with Gasteiger partial charge < -0.3 is 19.5 Å². The minimum absolute atomic E-state index is 0.120. The number of carbonyl (C=O) groups is 1. The van der Waals surface area contributed by atoms with E-state index in [4.69, 9.17) is 26.4 Å². The molecule has 1 saturated heterocycles. The molecule has 6 nitrogen and oxygen atoms in total. The Kier molecular flexibility index (Phi) is 8.67. The average molecular weight is 443 g/mol. The molecule has 1 unspecified atom stereocenters. The highest BCUT2D eigenvalue weighted by atomic mass is 32.1. The number of anilines is 1. The molecular formula is C24H30N2O4S. The van der Waals surface area contributed by atoms with E-state index in [0.29, 0.717) is 41.9 Å². The van der Waals surface area contributed by atoms with Gasteiger partial charge in [-0.25, -0.2) is 0 Å². The summed E-state index contributed by atoms with van der Waals surface area (Å²) in [7, 11) is 0. The quantitative estimate of drug-likeness (QED) is 0.544. The molecule has 7 heteroatoms. The lowest BCUT2D eigenvalue weighted by Crippen LogP contribution is -2.34. The highest BCUT2D eigenvalue weighted by Crippen LogP contribution is 2.25. The fraction of sp³-hybridized carbons (Fsp3) is 0.417. The predicted molar refractivity (Wildman–Crippen MR) is 126 cm³/mol. The van der Waals surface area contributed by atoms with Crippen LogP contribution in [0.2, 0.25) is 0 Å². The number of hydrogen-bond donors (Lipinski definition) is 2. The topological polar surface area (TPSA) is 68.8 Å². The average Bonchev–Trinajstić information content (AvgIpc) is 3.27. The molecule has 2 aromatic rings. The Bertz CT molecular complexity index is 881. The summed E-state index contributed by atoms with van der Waals surface area (Å²) in [5.41, 5.74) is 1.17. The van der Waals surface area contributed by atoms with Crippen molar-refractivity contribution in [3.05, 3.63) is 54.1 Å². The molecule has 1 aliphatic rings. The van der Waals surface area contributed by atoms with E-state index in [1.807, 2.05) is 30.3 Å². The normalized spacial score (nSPS) is 15.5. The maximum atomic E-state index is 12.6. The summed E-state index contributed by atoms with van der Waals surface area (Å²) >= 11 is 5.34. The summed E-state index contributed by atoms with van der Waals surface area (Å²) in [6.45, 7) is 6.18. The summed E-state index contributed by atoms with van der Waals surface area (Å²) < 4.78 is 17.2. The molecule has 2 aromatic carbocycles. The van der Waals surface area contributed by atoms with E-state index in [0.717, 1.165) is 25.9 Å². The van der Waals surface area contributed by atoms with Gasteiger partial charge in [0.15, 0.2) is 5.11 Å². The maximum absolute atomic E-state index is 12.6. The molecule has 0 spiro atoms. The first kappa shape index (κ1) is 23.0. The van der Waals surface area contributed by atoms with E-state index >= 15 is 0 Å². The molecule has 1 aliphatic heterocycles. The molecule has 0 bridgehead atoms. The van der Waals surface area contributed by atoms with Crippen molar-refractivity contribution < 1.29 is 19.0 Å². The third-order valence-electron chi connectivity index (χ3n) is 4.87. The van der Waals surface area contributed by atoms with Crippen LogP contribution in [0.3, 0.4) is 0 Å². The summed E-state index contributed by atoms with van der Waals surface area (Å²) in [4.78, 5) is 12.6. The first-order valence-electron chi connectivity index (χ1n) is 10.7. The molecule has 1 amide bonds. The van der Waals surface area contributed by atoms with Gasteiger partial charge in [0.25, 0.3) is 5.91 Å². The number of nitrogens with one attached hydrogen (secondary N) is 2. The van der Waals surface area contributed by atoms with E-state index in [2.05, 4.69) is 24.5 Å². The Morgan fingerprint density at radius 2 is 2.03 bits per heavy atom. The van der Waals surface area contributed by atoms with Crippen LogP contribution in [0.25, 0.3) is 0 Å². The second kappa shape index (κ2) is 11.7. The Hall–Kier alpha value is -2.64. The van der Waals surface area contributed by atoms with Crippen LogP contribution in [0.15, 0.2) is 48.5 Å². The first-order chi connectivity index (χ1) is 15.0. The molecule has 2 N–H and O–H groups in total. The fourth-order valence-electron chi connectivity index (χ4n) is 3.12. The number of ether oxygens (including phenoxy) is 3. The lowest BCUT2D eigenvalue weighted by atomic mass is 10.1. The van der Waals surface area contributed by atoms with Crippen LogP contribution < -0.4 is 20.1 Å². The van der Waals surface area contributed by atoms with Crippen molar-refractivity contribution in [1.82, 2.24) is 5.32 Å². The predicted octanol–water partition coefficient (Wildman–Crippen LogP) is 4.80. The van der Waals surface area contributed by atoms with Crippen LogP contribution in [0.4, 0.5) is 5.69 Å². The van der Waals surface area contributed by atoms with E-state index in [9.17, 15) is 4.79 Å². The lowest BCUT2D eigenvalue weighted by Gasteiger charge is -2.16. The van der Waals surface area contributed by atoms with Gasteiger partial charge in [0.1, 0.15) is 18.1 Å². The van der Waals surface area contributed by atoms with Gasteiger partial charge in [-0.1, -0.05) is 32.0 Å². The van der Waals surface area contributed by atoms with Crippen molar-refractivity contribution in [3.63, 3.8) is 0 Å². The van der Waals surface area contributed by atoms with Crippen LogP contribution >= 0.6 is 12.2 Å². The smallest absolute Gasteiger partial charge is 0.257 e. The van der Waals surface area contributed by atoms with Gasteiger partial charge in [-0.3, -0.25) is 10.1 Å². The van der Waals surface area contributed by atoms with Crippen molar-refractivity contribution in [2.24, 2.45) is 5.92 Å². The van der Waals surface area contributed by atoms with Crippen LogP contribution in [0, 0.1) is 5.92 Å². The van der Waals surface area contributed by atoms with Crippen LogP contribution in [-0.4, -0.2) is 36.9 Å². The van der Waals surface area contributed by atoms with Crippen molar-refractivity contribution in [2.75, 3.05) is 25.1 Å². The van der Waals surface area contributed by atoms with Crippen molar-refractivity contribution in [2.45, 2.75) is 39.2 Å². The molecule has 0 saturated carbocycles. The van der Waals surface area contributed by atoms with Crippen molar-refractivity contribution >= 4 is 28.9 Å². The largest absolute Gasteiger partial charge is 0.494 e. The van der Waals surface area contributed by atoms with E-state index < -0.39 is 0 Å². The van der Waals surface area contributed by atoms with Gasteiger partial charge in [0, 0.05) is 12.2 Å². The number of thiocarbonyl (C=S) groups is 1. The Morgan fingerprint density at radius 3 is 2.81 bits per heavy atom. The van der Waals surface area contributed by atoms with Crippen LogP contribution in [-0.2, 0) is 4.74 Å². The van der Waals surface area contributed by atoms with E-state index in [-0.39, 0.29) is 17.1 Å². The van der Waals surface area contributed by atoms with Crippen molar-refractivity contribution in [1.29, 1.82) is 0 Å². The monoisotopic (exact) mass is 442 g/mol. The second-order valence-electron chi connectivity index (χ2n) is 7.91. The van der Waals surface area contributed by atoms with E-state index in [1.165, 1.54) is 0 Å². The second-order valence-corrected chi connectivity index (χ2v) is 8.32. The number of para-hydroxylation sites is 2. The zero-order valence-electron chi connectivity index (χ0n) is 18.1. The van der Waals surface area contributed by atoms with Crippen LogP contribution in [0.1, 0.15) is 43.5 Å². The SMILES string of the molecule is CC(C)CCOc1cccc(C(=O)NC(=S)Nc2ccccc2OCC2CCCO2)c1. The summed E-state index contributed by atoms with van der Waals surface area (Å²) in [5.74, 6) is 1.59. The standard InChI is InChI=1S/C24H30N2O4S/c1-17(2)12-14-29-19-8-5-7-18(15-19)23(27)26-24(31)25-21-10-3-4-11-22(21)30-16-20-9-6-13-28-20/h3-5,7-8,10-11,15,17,20H,6,9,12-14,16H2,1-2H3,(H2,25,26,27,31). The lowest BCUT2D eigenvalue weighted by molar-refractivity contribution is 0.0682. The Labute approximate surface area is 189 Å². The molecule has 166 valence electrons. The summed E-state index contributed by atoms with van der Waals surface area (Å²) in [6.07, 6.45) is 3.15. The molecule has 1 heterocycles. The number of benzene rings is 2. The molecule has 0 radical (unpaired) electrons. The van der Waals surface area contributed by atoms with Gasteiger partial charge in [-0.2, -0.15) is 0 Å². The van der Waals surface area contributed by atoms with Gasteiger partial charge in [-0.05, 0) is 67.7 Å². The summed E-state index contributed by atoms with van der Waals surface area (Å²) in [6, 6.07) is 14.6. The van der Waals surface area contributed by atoms with Gasteiger partial charge in [0.05, 0.1) is 18.4 Å². The fourth-order valence-corrected chi connectivity index (χ4v) is 3.33. The third-order valence-corrected chi connectivity index (χ3v) is 5.08. The first-order valence-corrected chi connectivity index (χ1v) is 11.1. The highest BCUT2D eigenvalue weighted by molar-refractivity contribution is 7.80. The molecular weight excluding hydrogens is 412 g/mol. The molecule has 3 rings (SSSR count). The molecule has 31 heavy (non-hydrogen) atoms. The van der Waals surface area contributed by atoms with Gasteiger partial charge >= 0.3 is 0 Å². The number of amides is 1. The maximum Gasteiger partial charge on any atom is 0.257 e. The third kappa shape index (κ3) is 7.52. The van der Waals surface area contributed by atoms with Crippen molar-refractivity contribution in [3.8, 4) is 11.5 Å². The zero-order valence-corrected chi connectivity index (χ0v) is 18.9. The molecule has 0 aromatic heterocycles. The Balaban J connectivity index is 1.54. The number of carbonyl (C=O) groups excluding carboxylic acids is 1. The molecule has 1 atom stereocenters. The summed E-state index contributed by atoms with van der Waals surface area (Å²) in [5, 5.41) is 5.97. The highest BCUT2D eigenvalue weighted by Gasteiger charge is 2.17. The minimum Gasteiger partial charge on any atom is -0.494 e. The van der Waals surface area contributed by atoms with Gasteiger partial charge in [0.2, 0.25) is 0 Å². The molecule has 1 fully saturated rings. The minimum atomic E-state index is -0.301. The van der Waals surface area contributed by atoms with Gasteiger partial charge in [-0.15, -0.1) is 0 Å². The Morgan fingerprint density at radius 1 is 1.19 bits per heavy atom. The molecule has 0 aliphatic carbocycles.